The first-order chi connectivity index (χ1) is 13.0. The Labute approximate surface area is 154 Å². The molecule has 0 saturated carbocycles. The highest BCUT2D eigenvalue weighted by Crippen LogP contribution is 2.16. The van der Waals surface area contributed by atoms with Gasteiger partial charge in [-0.3, -0.25) is 19.7 Å². The first-order valence-corrected chi connectivity index (χ1v) is 7.91. The lowest BCUT2D eigenvalue weighted by molar-refractivity contribution is -0.384. The van der Waals surface area contributed by atoms with Gasteiger partial charge in [-0.25, -0.2) is 4.98 Å². The van der Waals surface area contributed by atoms with Crippen LogP contribution in [0.25, 0.3) is 0 Å². The maximum atomic E-state index is 12.3. The van der Waals surface area contributed by atoms with Gasteiger partial charge in [0.1, 0.15) is 5.82 Å². The smallest absolute Gasteiger partial charge is 0.269 e. The summed E-state index contributed by atoms with van der Waals surface area (Å²) in [7, 11) is 0. The van der Waals surface area contributed by atoms with Crippen LogP contribution >= 0.6 is 0 Å². The van der Waals surface area contributed by atoms with Crippen molar-refractivity contribution in [1.29, 1.82) is 0 Å². The molecule has 134 valence electrons. The second-order valence-electron chi connectivity index (χ2n) is 5.51. The molecule has 0 saturated heterocycles. The van der Waals surface area contributed by atoms with Crippen LogP contribution in [-0.4, -0.2) is 21.7 Å². The molecule has 2 aromatic carbocycles. The Hall–Kier alpha value is -4.07. The first-order valence-electron chi connectivity index (χ1n) is 7.91. The number of benzene rings is 2. The summed E-state index contributed by atoms with van der Waals surface area (Å²) in [6.45, 7) is 0. The molecule has 3 rings (SSSR count). The first kappa shape index (κ1) is 17.7. The highest BCUT2D eigenvalue weighted by molar-refractivity contribution is 6.07. The van der Waals surface area contributed by atoms with Crippen molar-refractivity contribution in [3.05, 3.63) is 94.2 Å². The lowest BCUT2D eigenvalue weighted by Crippen LogP contribution is -2.15. The molecule has 0 aliphatic heterocycles. The molecule has 0 fully saturated rings. The van der Waals surface area contributed by atoms with E-state index in [1.165, 1.54) is 30.3 Å². The maximum absolute atomic E-state index is 12.3. The number of amides is 2. The number of carbonyl (C=O) groups is 2. The fourth-order valence-corrected chi connectivity index (χ4v) is 2.30. The summed E-state index contributed by atoms with van der Waals surface area (Å²) in [6, 6.07) is 16.8. The average Bonchev–Trinajstić information content (AvgIpc) is 2.69. The predicted molar refractivity (Wildman–Crippen MR) is 99.7 cm³/mol. The third-order valence-corrected chi connectivity index (χ3v) is 3.63. The van der Waals surface area contributed by atoms with Crippen LogP contribution in [0.1, 0.15) is 20.7 Å². The van der Waals surface area contributed by atoms with Gasteiger partial charge in [-0.2, -0.15) is 0 Å². The van der Waals surface area contributed by atoms with Crippen molar-refractivity contribution in [1.82, 2.24) is 4.98 Å². The molecule has 0 spiro atoms. The van der Waals surface area contributed by atoms with Crippen LogP contribution in [0.5, 0.6) is 0 Å². The minimum atomic E-state index is -0.536. The number of hydrogen-bond donors (Lipinski definition) is 2. The molecule has 0 bridgehead atoms. The predicted octanol–water partition coefficient (Wildman–Crippen LogP) is 3.49. The summed E-state index contributed by atoms with van der Waals surface area (Å²) in [5, 5.41) is 16.0. The Morgan fingerprint density at radius 2 is 1.59 bits per heavy atom. The van der Waals surface area contributed by atoms with E-state index >= 15 is 0 Å². The summed E-state index contributed by atoms with van der Waals surface area (Å²) in [6.07, 6.45) is 1.57. The van der Waals surface area contributed by atoms with Crippen molar-refractivity contribution < 1.29 is 14.5 Å². The van der Waals surface area contributed by atoms with Crippen molar-refractivity contribution in [2.24, 2.45) is 0 Å². The Morgan fingerprint density at radius 1 is 0.852 bits per heavy atom. The molecule has 27 heavy (non-hydrogen) atoms. The lowest BCUT2D eigenvalue weighted by atomic mass is 10.1. The van der Waals surface area contributed by atoms with Crippen LogP contribution in [0.2, 0.25) is 0 Å². The molecule has 0 aliphatic rings. The second kappa shape index (κ2) is 7.87. The lowest BCUT2D eigenvalue weighted by Gasteiger charge is -2.08. The Kier molecular flexibility index (Phi) is 5.17. The summed E-state index contributed by atoms with van der Waals surface area (Å²) < 4.78 is 0. The van der Waals surface area contributed by atoms with Crippen molar-refractivity contribution in [3.8, 4) is 0 Å². The fraction of sp³-hybridized carbons (Fsp3) is 0. The minimum Gasteiger partial charge on any atom is -0.322 e. The summed E-state index contributed by atoms with van der Waals surface area (Å²) in [5.41, 5.74) is 0.942. The minimum absolute atomic E-state index is 0.0975. The van der Waals surface area contributed by atoms with Crippen LogP contribution < -0.4 is 10.6 Å². The molecule has 8 nitrogen and oxygen atoms in total. The second-order valence-corrected chi connectivity index (χ2v) is 5.51. The number of carbonyl (C=O) groups excluding carboxylic acids is 2. The third kappa shape index (κ3) is 4.51. The number of anilines is 2. The van der Waals surface area contributed by atoms with E-state index in [2.05, 4.69) is 15.6 Å². The molecule has 3 aromatic rings. The van der Waals surface area contributed by atoms with Gasteiger partial charge >= 0.3 is 0 Å². The van der Waals surface area contributed by atoms with E-state index in [0.29, 0.717) is 17.1 Å². The number of nitrogens with zero attached hydrogens (tertiary/aromatic N) is 2. The van der Waals surface area contributed by atoms with E-state index in [-0.39, 0.29) is 17.2 Å². The van der Waals surface area contributed by atoms with Crippen molar-refractivity contribution >= 4 is 29.0 Å². The number of pyridine rings is 1. The summed E-state index contributed by atoms with van der Waals surface area (Å²) >= 11 is 0. The maximum Gasteiger partial charge on any atom is 0.269 e. The number of rotatable bonds is 5. The van der Waals surface area contributed by atoms with Crippen LogP contribution in [0.4, 0.5) is 17.2 Å². The molecule has 1 aromatic heterocycles. The molecule has 0 radical (unpaired) electrons. The van der Waals surface area contributed by atoms with E-state index in [1.807, 2.05) is 0 Å². The van der Waals surface area contributed by atoms with Crippen LogP contribution in [0.15, 0.2) is 72.9 Å². The quantitative estimate of drug-likeness (QED) is 0.532. The van der Waals surface area contributed by atoms with Gasteiger partial charge in [0, 0.05) is 35.1 Å². The fourth-order valence-electron chi connectivity index (χ4n) is 2.30. The van der Waals surface area contributed by atoms with Crippen molar-refractivity contribution in [2.75, 3.05) is 10.6 Å². The molecule has 0 atom stereocenters. The van der Waals surface area contributed by atoms with Crippen molar-refractivity contribution in [2.45, 2.75) is 0 Å². The standard InChI is InChI=1S/C19H14N4O4/c24-18(13-7-9-16(10-8-13)23(26)27)21-15-5-3-4-14(12-15)19(25)22-17-6-1-2-11-20-17/h1-12H,(H,21,24)(H,20,22,25). The van der Waals surface area contributed by atoms with Crippen molar-refractivity contribution in [3.63, 3.8) is 0 Å². The zero-order valence-electron chi connectivity index (χ0n) is 14.0. The highest BCUT2D eigenvalue weighted by atomic mass is 16.6. The van der Waals surface area contributed by atoms with Crippen LogP contribution in [0.3, 0.4) is 0 Å². The van der Waals surface area contributed by atoms with Gasteiger partial charge < -0.3 is 10.6 Å². The largest absolute Gasteiger partial charge is 0.322 e. The zero-order chi connectivity index (χ0) is 19.2. The summed E-state index contributed by atoms with van der Waals surface area (Å²) in [5.74, 6) is -0.380. The van der Waals surface area contributed by atoms with Gasteiger partial charge in [-0.05, 0) is 42.5 Å². The Morgan fingerprint density at radius 3 is 2.26 bits per heavy atom. The number of hydrogen-bond acceptors (Lipinski definition) is 5. The number of nitrogens with one attached hydrogen (secondary N) is 2. The molecule has 2 amide bonds. The van der Waals surface area contributed by atoms with Gasteiger partial charge in [0.25, 0.3) is 17.5 Å². The monoisotopic (exact) mass is 362 g/mol. The van der Waals surface area contributed by atoms with E-state index < -0.39 is 10.8 Å². The normalized spacial score (nSPS) is 10.1. The van der Waals surface area contributed by atoms with Gasteiger partial charge in [0.15, 0.2) is 0 Å². The van der Waals surface area contributed by atoms with Gasteiger partial charge in [-0.1, -0.05) is 12.1 Å². The van der Waals surface area contributed by atoms with E-state index in [9.17, 15) is 19.7 Å². The highest BCUT2D eigenvalue weighted by Gasteiger charge is 2.11. The Balaban J connectivity index is 1.70. The number of aromatic nitrogens is 1. The van der Waals surface area contributed by atoms with Crippen LogP contribution in [-0.2, 0) is 0 Å². The molecular formula is C19H14N4O4. The Bertz CT molecular complexity index is 988. The van der Waals surface area contributed by atoms with Crippen LogP contribution in [0, 0.1) is 10.1 Å². The van der Waals surface area contributed by atoms with Gasteiger partial charge in [-0.15, -0.1) is 0 Å². The number of non-ortho nitro benzene ring substituents is 1. The average molecular weight is 362 g/mol. The molecular weight excluding hydrogens is 348 g/mol. The molecule has 0 unspecified atom stereocenters. The van der Waals surface area contributed by atoms with Gasteiger partial charge in [0.2, 0.25) is 0 Å². The van der Waals surface area contributed by atoms with E-state index in [1.54, 1.807) is 42.6 Å². The topological polar surface area (TPSA) is 114 Å². The number of nitro groups is 1. The molecule has 2 N–H and O–H groups in total. The van der Waals surface area contributed by atoms with E-state index in [4.69, 9.17) is 0 Å². The SMILES string of the molecule is O=C(Nc1cccc(C(=O)Nc2ccccn2)c1)c1ccc([N+](=O)[O-])cc1. The third-order valence-electron chi connectivity index (χ3n) is 3.63. The van der Waals surface area contributed by atoms with E-state index in [0.717, 1.165) is 0 Å². The molecule has 0 aliphatic carbocycles. The zero-order valence-corrected chi connectivity index (χ0v) is 14.0. The molecule has 8 heteroatoms. The molecule has 1 heterocycles. The summed E-state index contributed by atoms with van der Waals surface area (Å²) in [4.78, 5) is 38.7. The van der Waals surface area contributed by atoms with Gasteiger partial charge in [0.05, 0.1) is 4.92 Å². The number of nitro benzene ring substituents is 1.